The molecule has 0 radical (unpaired) electrons. The van der Waals surface area contributed by atoms with E-state index in [1.807, 2.05) is 13.8 Å². The highest BCUT2D eigenvalue weighted by atomic mass is 16.4. The van der Waals surface area contributed by atoms with Crippen LogP contribution in [0, 0.1) is 19.8 Å². The monoisotopic (exact) mass is 420 g/mol. The van der Waals surface area contributed by atoms with Crippen LogP contribution in [0.1, 0.15) is 64.8 Å². The van der Waals surface area contributed by atoms with Crippen LogP contribution in [-0.4, -0.2) is 72.1 Å². The van der Waals surface area contributed by atoms with Crippen molar-refractivity contribution in [1.29, 1.82) is 0 Å². The maximum Gasteiger partial charge on any atom is 0.208 e. The van der Waals surface area contributed by atoms with Crippen LogP contribution in [0.3, 0.4) is 0 Å². The maximum absolute atomic E-state index is 5.74. The number of aromatic nitrogens is 1. The first-order valence-electron chi connectivity index (χ1n) is 11.7. The van der Waals surface area contributed by atoms with Gasteiger partial charge in [0.2, 0.25) is 5.89 Å². The Bertz CT molecular complexity index is 619. The molecule has 0 aliphatic carbocycles. The van der Waals surface area contributed by atoms with Gasteiger partial charge in [0.05, 0.1) is 12.2 Å². The molecule has 1 aliphatic rings. The van der Waals surface area contributed by atoms with Gasteiger partial charge in [-0.15, -0.1) is 0 Å². The highest BCUT2D eigenvalue weighted by molar-refractivity contribution is 5.79. The molecule has 0 aromatic carbocycles. The van der Waals surface area contributed by atoms with Crippen LogP contribution < -0.4 is 10.6 Å². The van der Waals surface area contributed by atoms with Crippen molar-refractivity contribution in [1.82, 2.24) is 25.4 Å². The zero-order valence-electron chi connectivity index (χ0n) is 20.3. The van der Waals surface area contributed by atoms with E-state index in [1.54, 1.807) is 0 Å². The van der Waals surface area contributed by atoms with Gasteiger partial charge in [-0.2, -0.15) is 0 Å². The van der Waals surface area contributed by atoms with Crippen LogP contribution in [0.2, 0.25) is 0 Å². The van der Waals surface area contributed by atoms with Crippen LogP contribution in [-0.2, 0) is 6.54 Å². The number of nitrogens with one attached hydrogen (secondary N) is 2. The molecule has 7 nitrogen and oxygen atoms in total. The summed E-state index contributed by atoms with van der Waals surface area (Å²) in [4.78, 5) is 14.3. The number of rotatable bonds is 10. The first-order valence-corrected chi connectivity index (χ1v) is 11.7. The van der Waals surface area contributed by atoms with Gasteiger partial charge in [-0.3, -0.25) is 14.8 Å². The molecule has 0 amide bonds. The number of piperidine rings is 1. The third-order valence-corrected chi connectivity index (χ3v) is 5.98. The zero-order valence-corrected chi connectivity index (χ0v) is 20.3. The minimum absolute atomic E-state index is 0.556. The summed E-state index contributed by atoms with van der Waals surface area (Å²) in [6.07, 6.45) is 2.35. The quantitative estimate of drug-likeness (QED) is 0.448. The largest absolute Gasteiger partial charge is 0.444 e. The number of guanidine groups is 1. The Morgan fingerprint density at radius 1 is 1.17 bits per heavy atom. The molecule has 2 rings (SSSR count). The minimum atomic E-state index is 0.556. The van der Waals surface area contributed by atoms with E-state index in [0.717, 1.165) is 69.1 Å². The van der Waals surface area contributed by atoms with Gasteiger partial charge >= 0.3 is 0 Å². The molecule has 0 spiro atoms. The Labute approximate surface area is 183 Å². The fourth-order valence-electron chi connectivity index (χ4n) is 4.10. The summed E-state index contributed by atoms with van der Waals surface area (Å²) in [5, 5.41) is 6.91. The Hall–Kier alpha value is -1.60. The van der Waals surface area contributed by atoms with Gasteiger partial charge in [0.25, 0.3) is 0 Å². The van der Waals surface area contributed by atoms with Crippen molar-refractivity contribution < 1.29 is 4.42 Å². The van der Waals surface area contributed by atoms with Crippen molar-refractivity contribution >= 4 is 5.96 Å². The predicted octanol–water partition coefficient (Wildman–Crippen LogP) is 3.18. The lowest BCUT2D eigenvalue weighted by Crippen LogP contribution is -2.45. The second-order valence-electron chi connectivity index (χ2n) is 9.04. The molecule has 1 aliphatic heterocycles. The highest BCUT2D eigenvalue weighted by Crippen LogP contribution is 2.20. The molecule has 1 aromatic heterocycles. The van der Waals surface area contributed by atoms with Crippen molar-refractivity contribution in [3.05, 3.63) is 17.3 Å². The van der Waals surface area contributed by atoms with E-state index < -0.39 is 0 Å². The number of hydrogen-bond acceptors (Lipinski definition) is 5. The number of hydrogen-bond donors (Lipinski definition) is 2. The van der Waals surface area contributed by atoms with Crippen LogP contribution in [0.25, 0.3) is 0 Å². The van der Waals surface area contributed by atoms with Crippen LogP contribution in [0.15, 0.2) is 9.41 Å². The van der Waals surface area contributed by atoms with E-state index in [2.05, 4.69) is 60.0 Å². The molecule has 0 atom stereocenters. The van der Waals surface area contributed by atoms with E-state index in [1.165, 1.54) is 12.8 Å². The van der Waals surface area contributed by atoms with E-state index >= 15 is 0 Å². The Morgan fingerprint density at radius 2 is 1.83 bits per heavy atom. The summed E-state index contributed by atoms with van der Waals surface area (Å²) < 4.78 is 5.74. The predicted molar refractivity (Wildman–Crippen MR) is 125 cm³/mol. The van der Waals surface area contributed by atoms with Crippen molar-refractivity contribution in [3.8, 4) is 0 Å². The smallest absolute Gasteiger partial charge is 0.208 e. The first-order chi connectivity index (χ1) is 14.3. The van der Waals surface area contributed by atoms with Crippen molar-refractivity contribution in [3.63, 3.8) is 0 Å². The van der Waals surface area contributed by atoms with Crippen LogP contribution >= 0.6 is 0 Å². The van der Waals surface area contributed by atoms with Crippen molar-refractivity contribution in [2.45, 2.75) is 79.9 Å². The van der Waals surface area contributed by atoms with E-state index in [0.29, 0.717) is 18.0 Å². The van der Waals surface area contributed by atoms with Crippen LogP contribution in [0.5, 0.6) is 0 Å². The van der Waals surface area contributed by atoms with E-state index in [4.69, 9.17) is 9.41 Å². The molecule has 172 valence electrons. The molecule has 0 bridgehead atoms. The normalized spacial score (nSPS) is 16.8. The molecule has 1 fully saturated rings. The van der Waals surface area contributed by atoms with Gasteiger partial charge in [-0.05, 0) is 80.3 Å². The van der Waals surface area contributed by atoms with Gasteiger partial charge in [0.1, 0.15) is 5.76 Å². The summed E-state index contributed by atoms with van der Waals surface area (Å²) >= 11 is 0. The third-order valence-electron chi connectivity index (χ3n) is 5.98. The van der Waals surface area contributed by atoms with Gasteiger partial charge < -0.3 is 15.1 Å². The number of aliphatic imine (C=N–C) groups is 1. The van der Waals surface area contributed by atoms with Gasteiger partial charge in [-0.25, -0.2) is 4.98 Å². The SMILES string of the molecule is CCNC(=NCC1CCN(Cc2nc(C)c(C)o2)CC1)NCCN(C(C)C)C(C)C. The van der Waals surface area contributed by atoms with Crippen molar-refractivity contribution in [2.24, 2.45) is 10.9 Å². The highest BCUT2D eigenvalue weighted by Gasteiger charge is 2.21. The topological polar surface area (TPSA) is 68.9 Å². The molecule has 30 heavy (non-hydrogen) atoms. The molecule has 2 heterocycles. The molecular formula is C23H44N6O. The molecule has 1 saturated heterocycles. The number of oxazole rings is 1. The minimum Gasteiger partial charge on any atom is -0.444 e. The molecule has 0 unspecified atom stereocenters. The molecule has 2 N–H and O–H groups in total. The Kier molecular flexibility index (Phi) is 10.1. The summed E-state index contributed by atoms with van der Waals surface area (Å²) in [5.74, 6) is 3.37. The number of aryl methyl sites for hydroxylation is 2. The number of likely N-dealkylation sites (tertiary alicyclic amines) is 1. The summed E-state index contributed by atoms with van der Waals surface area (Å²) in [6.45, 7) is 21.8. The molecule has 0 saturated carbocycles. The van der Waals surface area contributed by atoms with E-state index in [-0.39, 0.29) is 0 Å². The van der Waals surface area contributed by atoms with Gasteiger partial charge in [0, 0.05) is 38.3 Å². The fourth-order valence-corrected chi connectivity index (χ4v) is 4.10. The summed E-state index contributed by atoms with van der Waals surface area (Å²) in [6, 6.07) is 1.11. The lowest BCUT2D eigenvalue weighted by atomic mass is 9.97. The zero-order chi connectivity index (χ0) is 22.1. The van der Waals surface area contributed by atoms with Gasteiger partial charge in [-0.1, -0.05) is 0 Å². The third kappa shape index (κ3) is 7.91. The summed E-state index contributed by atoms with van der Waals surface area (Å²) in [5.41, 5.74) is 1.00. The first kappa shape index (κ1) is 24.7. The molecule has 7 heteroatoms. The summed E-state index contributed by atoms with van der Waals surface area (Å²) in [7, 11) is 0. The standard InChI is InChI=1S/C23H44N6O/c1-8-24-23(25-11-14-29(17(2)3)18(4)5)26-15-21-9-12-28(13-10-21)16-22-27-19(6)20(7)30-22/h17-18,21H,8-16H2,1-7H3,(H2,24,25,26). The van der Waals surface area contributed by atoms with E-state index in [9.17, 15) is 0 Å². The molecular weight excluding hydrogens is 376 g/mol. The molecule has 1 aromatic rings. The fraction of sp³-hybridized carbons (Fsp3) is 0.826. The average Bonchev–Trinajstić information content (AvgIpc) is 3.00. The Balaban J connectivity index is 1.75. The average molecular weight is 421 g/mol. The maximum atomic E-state index is 5.74. The van der Waals surface area contributed by atoms with Crippen LogP contribution in [0.4, 0.5) is 0 Å². The second kappa shape index (κ2) is 12.3. The van der Waals surface area contributed by atoms with Gasteiger partial charge in [0.15, 0.2) is 5.96 Å². The lowest BCUT2D eigenvalue weighted by molar-refractivity contribution is 0.166. The number of nitrogens with zero attached hydrogens (tertiary/aromatic N) is 4. The lowest BCUT2D eigenvalue weighted by Gasteiger charge is -2.31. The second-order valence-corrected chi connectivity index (χ2v) is 9.04. The van der Waals surface area contributed by atoms with Crippen molar-refractivity contribution in [2.75, 3.05) is 39.3 Å². The Morgan fingerprint density at radius 3 is 2.37 bits per heavy atom.